The Balaban J connectivity index is 1.87. The average Bonchev–Trinajstić information content (AvgIpc) is 3.17. The minimum absolute atomic E-state index is 0.394. The highest BCUT2D eigenvalue weighted by molar-refractivity contribution is 6.22. The summed E-state index contributed by atoms with van der Waals surface area (Å²) in [4.78, 5) is 4.48. The predicted molar refractivity (Wildman–Crippen MR) is 75.6 cm³/mol. The van der Waals surface area contributed by atoms with Gasteiger partial charge in [0.15, 0.2) is 0 Å². The standard InChI is InChI=1S/C15H17ClN2O2/c1-19-15(9-5-6-10-15)14-17-13(20-18-14)12(16)11-7-3-2-4-8-11/h2-4,7-8,12H,5-6,9-10H2,1H3. The van der Waals surface area contributed by atoms with Gasteiger partial charge < -0.3 is 9.26 Å². The molecule has 1 aromatic carbocycles. The van der Waals surface area contributed by atoms with Crippen molar-refractivity contribution in [2.24, 2.45) is 0 Å². The fourth-order valence-electron chi connectivity index (χ4n) is 2.75. The Bertz CT molecular complexity index is 564. The summed E-state index contributed by atoms with van der Waals surface area (Å²) in [5.74, 6) is 1.05. The fourth-order valence-corrected chi connectivity index (χ4v) is 2.99. The number of nitrogens with zero attached hydrogens (tertiary/aromatic N) is 2. The molecule has 20 heavy (non-hydrogen) atoms. The van der Waals surface area contributed by atoms with E-state index >= 15 is 0 Å². The van der Waals surface area contributed by atoms with Gasteiger partial charge >= 0.3 is 0 Å². The summed E-state index contributed by atoms with van der Waals surface area (Å²) in [6.07, 6.45) is 4.11. The lowest BCUT2D eigenvalue weighted by atomic mass is 10.0. The number of aromatic nitrogens is 2. The Hall–Kier alpha value is -1.39. The normalized spacial score (nSPS) is 19.1. The van der Waals surface area contributed by atoms with Crippen molar-refractivity contribution in [3.63, 3.8) is 0 Å². The first kappa shape index (κ1) is 13.6. The molecule has 0 spiro atoms. The van der Waals surface area contributed by atoms with Crippen LogP contribution in [0.15, 0.2) is 34.9 Å². The van der Waals surface area contributed by atoms with Crippen LogP contribution in [0, 0.1) is 0 Å². The molecule has 0 radical (unpaired) electrons. The van der Waals surface area contributed by atoms with Crippen LogP contribution >= 0.6 is 11.6 Å². The van der Waals surface area contributed by atoms with Crippen molar-refractivity contribution in [3.8, 4) is 0 Å². The van der Waals surface area contributed by atoms with Crippen molar-refractivity contribution in [1.29, 1.82) is 0 Å². The van der Waals surface area contributed by atoms with Crippen molar-refractivity contribution >= 4 is 11.6 Å². The van der Waals surface area contributed by atoms with E-state index in [1.165, 1.54) is 0 Å². The van der Waals surface area contributed by atoms with Crippen LogP contribution in [0.2, 0.25) is 0 Å². The molecular weight excluding hydrogens is 276 g/mol. The topological polar surface area (TPSA) is 48.2 Å². The fraction of sp³-hybridized carbons (Fsp3) is 0.467. The zero-order valence-corrected chi connectivity index (χ0v) is 12.1. The summed E-state index contributed by atoms with van der Waals surface area (Å²) >= 11 is 6.40. The monoisotopic (exact) mass is 292 g/mol. The van der Waals surface area contributed by atoms with Gasteiger partial charge in [-0.05, 0) is 31.2 Å². The second kappa shape index (κ2) is 5.54. The number of benzene rings is 1. The third-order valence-electron chi connectivity index (χ3n) is 3.96. The van der Waals surface area contributed by atoms with Crippen LogP contribution in [0.1, 0.15) is 48.3 Å². The second-order valence-corrected chi connectivity index (χ2v) is 5.57. The Labute approximate surface area is 123 Å². The molecule has 1 atom stereocenters. The first-order chi connectivity index (χ1) is 9.75. The van der Waals surface area contributed by atoms with E-state index in [9.17, 15) is 0 Å². The number of rotatable bonds is 4. The van der Waals surface area contributed by atoms with E-state index in [2.05, 4.69) is 10.1 Å². The van der Waals surface area contributed by atoms with Crippen LogP contribution in [0.25, 0.3) is 0 Å². The van der Waals surface area contributed by atoms with Gasteiger partial charge in [0.2, 0.25) is 11.7 Å². The minimum atomic E-state index is -0.423. The van der Waals surface area contributed by atoms with E-state index in [0.29, 0.717) is 11.7 Å². The summed E-state index contributed by atoms with van der Waals surface area (Å²) in [6.45, 7) is 0. The smallest absolute Gasteiger partial charge is 0.249 e. The van der Waals surface area contributed by atoms with E-state index in [-0.39, 0.29) is 0 Å². The number of ether oxygens (including phenoxy) is 1. The highest BCUT2D eigenvalue weighted by atomic mass is 35.5. The van der Waals surface area contributed by atoms with Gasteiger partial charge in [0.05, 0.1) is 0 Å². The van der Waals surface area contributed by atoms with Crippen molar-refractivity contribution < 1.29 is 9.26 Å². The van der Waals surface area contributed by atoms with Gasteiger partial charge in [-0.25, -0.2) is 0 Å². The maximum absolute atomic E-state index is 6.40. The Morgan fingerprint density at radius 1 is 1.25 bits per heavy atom. The molecule has 5 heteroatoms. The number of alkyl halides is 1. The molecule has 2 aromatic rings. The molecule has 4 nitrogen and oxygen atoms in total. The molecule has 0 saturated heterocycles. The molecule has 0 N–H and O–H groups in total. The van der Waals surface area contributed by atoms with Gasteiger partial charge in [0.1, 0.15) is 11.0 Å². The van der Waals surface area contributed by atoms with Gasteiger partial charge in [-0.1, -0.05) is 35.5 Å². The number of hydrogen-bond donors (Lipinski definition) is 0. The number of hydrogen-bond acceptors (Lipinski definition) is 4. The maximum Gasteiger partial charge on any atom is 0.249 e. The van der Waals surface area contributed by atoms with Crippen LogP contribution in [-0.4, -0.2) is 17.3 Å². The molecular formula is C15H17ClN2O2. The summed E-state index contributed by atoms with van der Waals surface area (Å²) in [7, 11) is 1.71. The van der Waals surface area contributed by atoms with Crippen molar-refractivity contribution in [1.82, 2.24) is 10.1 Å². The molecule has 1 heterocycles. The molecule has 3 rings (SSSR count). The van der Waals surface area contributed by atoms with E-state index in [0.717, 1.165) is 31.2 Å². The lowest BCUT2D eigenvalue weighted by Crippen LogP contribution is -2.26. The van der Waals surface area contributed by atoms with E-state index in [1.807, 2.05) is 30.3 Å². The first-order valence-electron chi connectivity index (χ1n) is 6.83. The van der Waals surface area contributed by atoms with Gasteiger partial charge in [-0.3, -0.25) is 0 Å². The summed E-state index contributed by atoms with van der Waals surface area (Å²) < 4.78 is 11.0. The SMILES string of the molecule is COC1(c2noc(C(Cl)c3ccccc3)n2)CCCC1. The molecule has 0 amide bonds. The molecule has 106 valence electrons. The lowest BCUT2D eigenvalue weighted by Gasteiger charge is -2.22. The van der Waals surface area contributed by atoms with Crippen LogP contribution in [0.4, 0.5) is 0 Å². The third kappa shape index (κ3) is 2.34. The molecule has 1 saturated carbocycles. The summed E-state index contributed by atoms with van der Waals surface area (Å²) in [5.41, 5.74) is 0.553. The maximum atomic E-state index is 6.40. The average molecular weight is 293 g/mol. The molecule has 1 aromatic heterocycles. The largest absolute Gasteiger partial charge is 0.370 e. The highest BCUT2D eigenvalue weighted by Gasteiger charge is 2.40. The van der Waals surface area contributed by atoms with Crippen LogP contribution in [0.3, 0.4) is 0 Å². The lowest BCUT2D eigenvalue weighted by molar-refractivity contribution is -0.0178. The van der Waals surface area contributed by atoms with Gasteiger partial charge in [-0.2, -0.15) is 4.98 Å². The zero-order valence-electron chi connectivity index (χ0n) is 11.4. The van der Waals surface area contributed by atoms with E-state index in [4.69, 9.17) is 20.9 Å². The van der Waals surface area contributed by atoms with Gasteiger partial charge in [0, 0.05) is 7.11 Å². The number of methoxy groups -OCH3 is 1. The van der Waals surface area contributed by atoms with Gasteiger partial charge in [-0.15, -0.1) is 11.6 Å². The van der Waals surface area contributed by atoms with Crippen molar-refractivity contribution in [2.45, 2.75) is 36.7 Å². The highest BCUT2D eigenvalue weighted by Crippen LogP contribution is 2.41. The van der Waals surface area contributed by atoms with Gasteiger partial charge in [0.25, 0.3) is 0 Å². The molecule has 1 aliphatic rings. The Morgan fingerprint density at radius 2 is 1.95 bits per heavy atom. The third-order valence-corrected chi connectivity index (χ3v) is 4.40. The second-order valence-electron chi connectivity index (χ2n) is 5.13. The zero-order chi connectivity index (χ0) is 14.0. The molecule has 0 aliphatic heterocycles. The molecule has 1 aliphatic carbocycles. The van der Waals surface area contributed by atoms with E-state index < -0.39 is 11.0 Å². The summed E-state index contributed by atoms with van der Waals surface area (Å²) in [6, 6.07) is 9.72. The van der Waals surface area contributed by atoms with Crippen molar-refractivity contribution in [2.75, 3.05) is 7.11 Å². The van der Waals surface area contributed by atoms with E-state index in [1.54, 1.807) is 7.11 Å². The number of halogens is 1. The van der Waals surface area contributed by atoms with Crippen LogP contribution < -0.4 is 0 Å². The van der Waals surface area contributed by atoms with Crippen molar-refractivity contribution in [3.05, 3.63) is 47.6 Å². The van der Waals surface area contributed by atoms with Crippen LogP contribution in [0.5, 0.6) is 0 Å². The quantitative estimate of drug-likeness (QED) is 0.804. The summed E-state index contributed by atoms with van der Waals surface area (Å²) in [5, 5.41) is 3.67. The predicted octanol–water partition coefficient (Wildman–Crippen LogP) is 3.81. The molecule has 1 unspecified atom stereocenters. The Kier molecular flexibility index (Phi) is 3.76. The first-order valence-corrected chi connectivity index (χ1v) is 7.27. The molecule has 1 fully saturated rings. The minimum Gasteiger partial charge on any atom is -0.370 e. The molecule has 0 bridgehead atoms. The van der Waals surface area contributed by atoms with Crippen LogP contribution in [-0.2, 0) is 10.3 Å². The Morgan fingerprint density at radius 3 is 2.60 bits per heavy atom.